The fourth-order valence-electron chi connectivity index (χ4n) is 1.49. The molecule has 1 rings (SSSR count). The molecule has 5 nitrogen and oxygen atoms in total. The number of aromatic nitrogens is 1. The third-order valence-electron chi connectivity index (χ3n) is 2.65. The highest BCUT2D eigenvalue weighted by molar-refractivity contribution is 7.80. The van der Waals surface area contributed by atoms with Crippen molar-refractivity contribution in [3.63, 3.8) is 0 Å². The average Bonchev–Trinajstić information content (AvgIpc) is 2.35. The molecule has 98 valence electrons. The predicted octanol–water partition coefficient (Wildman–Crippen LogP) is 0.900. The number of nitrogens with zero attached hydrogens (tertiary/aromatic N) is 1. The molecule has 18 heavy (non-hydrogen) atoms. The fourth-order valence-corrected chi connectivity index (χ4v) is 1.66. The molecule has 6 heteroatoms. The van der Waals surface area contributed by atoms with Crippen LogP contribution in [0.15, 0.2) is 18.5 Å². The molecule has 0 aliphatic carbocycles. The Morgan fingerprint density at radius 2 is 2.22 bits per heavy atom. The van der Waals surface area contributed by atoms with Crippen molar-refractivity contribution in [2.24, 2.45) is 11.1 Å². The van der Waals surface area contributed by atoms with Crippen molar-refractivity contribution in [3.8, 4) is 0 Å². The van der Waals surface area contributed by atoms with E-state index in [-0.39, 0.29) is 5.91 Å². The maximum absolute atomic E-state index is 11.7. The van der Waals surface area contributed by atoms with E-state index in [1.165, 1.54) is 0 Å². The third kappa shape index (κ3) is 3.40. The van der Waals surface area contributed by atoms with E-state index in [4.69, 9.17) is 18.0 Å². The van der Waals surface area contributed by atoms with E-state index in [0.717, 1.165) is 11.3 Å². The van der Waals surface area contributed by atoms with Crippen LogP contribution in [-0.4, -0.2) is 29.5 Å². The first-order valence-corrected chi connectivity index (χ1v) is 5.99. The summed E-state index contributed by atoms with van der Waals surface area (Å²) in [4.78, 5) is 16.0. The second-order valence-electron chi connectivity index (χ2n) is 4.60. The van der Waals surface area contributed by atoms with Gasteiger partial charge in [-0.1, -0.05) is 12.2 Å². The molecule has 0 radical (unpaired) electrons. The first-order valence-electron chi connectivity index (χ1n) is 5.58. The number of carbonyl (C=O) groups excluding carboxylic acids is 1. The Balaban J connectivity index is 2.81. The molecular weight excluding hydrogens is 248 g/mol. The Bertz CT molecular complexity index is 459. The summed E-state index contributed by atoms with van der Waals surface area (Å²) < 4.78 is 0. The van der Waals surface area contributed by atoms with Gasteiger partial charge in [-0.25, -0.2) is 0 Å². The minimum atomic E-state index is -0.530. The van der Waals surface area contributed by atoms with Crippen LogP contribution >= 0.6 is 12.2 Å². The summed E-state index contributed by atoms with van der Waals surface area (Å²) in [6, 6.07) is 1.75. The van der Waals surface area contributed by atoms with Crippen LogP contribution in [0, 0.1) is 5.41 Å². The summed E-state index contributed by atoms with van der Waals surface area (Å²) in [7, 11) is 1.62. The van der Waals surface area contributed by atoms with E-state index in [1.54, 1.807) is 25.5 Å². The fraction of sp³-hybridized carbons (Fsp3) is 0.417. The van der Waals surface area contributed by atoms with E-state index in [0.29, 0.717) is 11.5 Å². The Kier molecular flexibility index (Phi) is 4.61. The minimum Gasteiger partial charge on any atom is -0.389 e. The van der Waals surface area contributed by atoms with Gasteiger partial charge in [-0.3, -0.25) is 9.78 Å². The molecule has 1 aromatic heterocycles. The number of hydrogen-bond acceptors (Lipinski definition) is 4. The Labute approximate surface area is 112 Å². The number of amides is 1. The van der Waals surface area contributed by atoms with Crippen molar-refractivity contribution in [2.75, 3.05) is 18.9 Å². The van der Waals surface area contributed by atoms with E-state index in [1.807, 2.05) is 13.8 Å². The normalized spacial score (nSPS) is 10.8. The monoisotopic (exact) mass is 266 g/mol. The lowest BCUT2D eigenvalue weighted by Gasteiger charge is -2.24. The SMILES string of the molecule is CNC(=O)C(C)(C)CNc1cnccc1C(N)=S. The van der Waals surface area contributed by atoms with Crippen LogP contribution in [0.3, 0.4) is 0 Å². The zero-order valence-corrected chi connectivity index (χ0v) is 11.6. The molecule has 0 aliphatic heterocycles. The zero-order valence-electron chi connectivity index (χ0n) is 10.8. The first kappa shape index (κ1) is 14.4. The molecule has 4 N–H and O–H groups in total. The first-order chi connectivity index (χ1) is 8.38. The molecule has 0 aliphatic rings. The molecule has 0 saturated heterocycles. The summed E-state index contributed by atoms with van der Waals surface area (Å²) in [6.45, 7) is 4.18. The van der Waals surface area contributed by atoms with Crippen LogP contribution < -0.4 is 16.4 Å². The van der Waals surface area contributed by atoms with Gasteiger partial charge in [0.25, 0.3) is 0 Å². The maximum atomic E-state index is 11.7. The van der Waals surface area contributed by atoms with Gasteiger partial charge in [0.1, 0.15) is 4.99 Å². The Morgan fingerprint density at radius 3 is 2.78 bits per heavy atom. The maximum Gasteiger partial charge on any atom is 0.227 e. The molecule has 0 bridgehead atoms. The quantitative estimate of drug-likeness (QED) is 0.690. The summed E-state index contributed by atoms with van der Waals surface area (Å²) in [6.07, 6.45) is 3.28. The molecule has 0 unspecified atom stereocenters. The largest absolute Gasteiger partial charge is 0.389 e. The molecule has 0 spiro atoms. The number of thiocarbonyl (C=S) groups is 1. The second-order valence-corrected chi connectivity index (χ2v) is 5.04. The highest BCUT2D eigenvalue weighted by Crippen LogP contribution is 2.19. The van der Waals surface area contributed by atoms with E-state index in [9.17, 15) is 4.79 Å². The molecule has 0 aromatic carbocycles. The van der Waals surface area contributed by atoms with Crippen molar-refractivity contribution < 1.29 is 4.79 Å². The zero-order chi connectivity index (χ0) is 13.8. The Hall–Kier alpha value is -1.69. The number of pyridine rings is 1. The van der Waals surface area contributed by atoms with Crippen molar-refractivity contribution in [2.45, 2.75) is 13.8 Å². The van der Waals surface area contributed by atoms with Crippen molar-refractivity contribution in [3.05, 3.63) is 24.0 Å². The van der Waals surface area contributed by atoms with E-state index < -0.39 is 5.41 Å². The third-order valence-corrected chi connectivity index (χ3v) is 2.87. The van der Waals surface area contributed by atoms with Crippen molar-refractivity contribution in [1.82, 2.24) is 10.3 Å². The van der Waals surface area contributed by atoms with Gasteiger partial charge >= 0.3 is 0 Å². The molecule has 1 amide bonds. The van der Waals surface area contributed by atoms with Crippen LogP contribution in [0.25, 0.3) is 0 Å². The van der Waals surface area contributed by atoms with Gasteiger partial charge in [-0.2, -0.15) is 0 Å². The summed E-state index contributed by atoms with van der Waals surface area (Å²) >= 11 is 4.96. The van der Waals surface area contributed by atoms with Gasteiger partial charge in [0.15, 0.2) is 0 Å². The number of rotatable bonds is 5. The van der Waals surface area contributed by atoms with Gasteiger partial charge in [0.2, 0.25) is 5.91 Å². The molecular formula is C12H18N4OS. The number of hydrogen-bond donors (Lipinski definition) is 3. The number of carbonyl (C=O) groups is 1. The highest BCUT2D eigenvalue weighted by atomic mass is 32.1. The van der Waals surface area contributed by atoms with Crippen LogP contribution in [0.5, 0.6) is 0 Å². The van der Waals surface area contributed by atoms with Gasteiger partial charge < -0.3 is 16.4 Å². The van der Waals surface area contributed by atoms with E-state index >= 15 is 0 Å². The molecule has 0 atom stereocenters. The summed E-state index contributed by atoms with van der Waals surface area (Å²) in [5, 5.41) is 5.79. The van der Waals surface area contributed by atoms with Gasteiger partial charge in [-0.05, 0) is 19.9 Å². The topological polar surface area (TPSA) is 80.0 Å². The van der Waals surface area contributed by atoms with Gasteiger partial charge in [0.05, 0.1) is 17.3 Å². The van der Waals surface area contributed by atoms with Crippen LogP contribution in [0.4, 0.5) is 5.69 Å². The summed E-state index contributed by atoms with van der Waals surface area (Å²) in [5.41, 5.74) is 6.56. The second kappa shape index (κ2) is 5.77. The predicted molar refractivity (Wildman–Crippen MR) is 76.5 cm³/mol. The van der Waals surface area contributed by atoms with Gasteiger partial charge in [-0.15, -0.1) is 0 Å². The Morgan fingerprint density at radius 1 is 1.56 bits per heavy atom. The lowest BCUT2D eigenvalue weighted by molar-refractivity contribution is -0.128. The number of nitrogens with one attached hydrogen (secondary N) is 2. The van der Waals surface area contributed by atoms with Crippen LogP contribution in [0.1, 0.15) is 19.4 Å². The number of anilines is 1. The standard InChI is InChI=1S/C12H18N4OS/c1-12(2,11(17)14-3)7-16-9-6-15-5-4-8(9)10(13)18/h4-6,16H,7H2,1-3H3,(H2,13,18)(H,14,17). The average molecular weight is 266 g/mol. The lowest BCUT2D eigenvalue weighted by Crippen LogP contribution is -2.39. The number of nitrogens with two attached hydrogens (primary N) is 1. The van der Waals surface area contributed by atoms with E-state index in [2.05, 4.69) is 15.6 Å². The van der Waals surface area contributed by atoms with Crippen LogP contribution in [-0.2, 0) is 4.79 Å². The molecule has 1 aromatic rings. The van der Waals surface area contributed by atoms with Crippen LogP contribution in [0.2, 0.25) is 0 Å². The lowest BCUT2D eigenvalue weighted by atomic mass is 9.92. The van der Waals surface area contributed by atoms with Crippen molar-refractivity contribution >= 4 is 28.8 Å². The highest BCUT2D eigenvalue weighted by Gasteiger charge is 2.26. The summed E-state index contributed by atoms with van der Waals surface area (Å²) in [5.74, 6) is -0.0317. The van der Waals surface area contributed by atoms with Crippen molar-refractivity contribution in [1.29, 1.82) is 0 Å². The smallest absolute Gasteiger partial charge is 0.227 e. The molecule has 1 heterocycles. The minimum absolute atomic E-state index is 0.0317. The van der Waals surface area contributed by atoms with Gasteiger partial charge in [0, 0.05) is 25.4 Å². The molecule has 0 fully saturated rings. The molecule has 0 saturated carbocycles.